The van der Waals surface area contributed by atoms with Gasteiger partial charge in [0.1, 0.15) is 17.2 Å². The van der Waals surface area contributed by atoms with Crippen LogP contribution in [0, 0.1) is 17.5 Å². The Kier molecular flexibility index (Phi) is 3.94. The Hall–Kier alpha value is -2.39. The van der Waals surface area contributed by atoms with Gasteiger partial charge < -0.3 is 9.80 Å². The number of nitrogens with zero attached hydrogens (tertiary/aromatic N) is 4. The molecule has 138 valence electrons. The zero-order chi connectivity index (χ0) is 18.5. The number of fused-ring (bicyclic) bond motifs is 2. The third kappa shape index (κ3) is 3.00. The van der Waals surface area contributed by atoms with Crippen LogP contribution in [0.3, 0.4) is 0 Å². The number of thiazole rings is 2. The summed E-state index contributed by atoms with van der Waals surface area (Å²) in [5, 5.41) is 1.56. The molecular weight excluding hydrogens is 393 g/mol. The van der Waals surface area contributed by atoms with Gasteiger partial charge in [0.2, 0.25) is 0 Å². The van der Waals surface area contributed by atoms with Crippen LogP contribution in [0.1, 0.15) is 0 Å². The zero-order valence-corrected chi connectivity index (χ0v) is 15.6. The Bertz CT molecular complexity index is 1150. The summed E-state index contributed by atoms with van der Waals surface area (Å²) in [7, 11) is 0. The van der Waals surface area contributed by atoms with E-state index >= 15 is 0 Å². The number of anilines is 2. The Labute approximate surface area is 160 Å². The van der Waals surface area contributed by atoms with Crippen molar-refractivity contribution in [1.29, 1.82) is 0 Å². The maximum Gasteiger partial charge on any atom is 0.186 e. The van der Waals surface area contributed by atoms with Gasteiger partial charge in [0.25, 0.3) is 0 Å². The minimum atomic E-state index is -0.632. The molecule has 0 aliphatic carbocycles. The number of benzene rings is 2. The van der Waals surface area contributed by atoms with E-state index in [1.165, 1.54) is 40.9 Å². The Balaban J connectivity index is 1.35. The first-order chi connectivity index (χ1) is 13.1. The molecule has 1 aliphatic heterocycles. The van der Waals surface area contributed by atoms with Crippen molar-refractivity contribution in [2.45, 2.75) is 0 Å². The van der Waals surface area contributed by atoms with Gasteiger partial charge in [-0.25, -0.2) is 23.1 Å². The molecule has 0 spiro atoms. The Morgan fingerprint density at radius 1 is 0.741 bits per heavy atom. The maximum absolute atomic E-state index is 13.9. The van der Waals surface area contributed by atoms with E-state index in [2.05, 4.69) is 19.8 Å². The molecule has 0 bridgehead atoms. The van der Waals surface area contributed by atoms with Crippen molar-refractivity contribution in [2.75, 3.05) is 36.0 Å². The number of rotatable bonds is 2. The van der Waals surface area contributed by atoms with Crippen LogP contribution in [0.4, 0.5) is 23.4 Å². The van der Waals surface area contributed by atoms with Crippen LogP contribution in [0.15, 0.2) is 30.3 Å². The van der Waals surface area contributed by atoms with Gasteiger partial charge in [0, 0.05) is 32.2 Å². The number of piperazine rings is 1. The van der Waals surface area contributed by atoms with Crippen molar-refractivity contribution < 1.29 is 13.2 Å². The number of aromatic nitrogens is 2. The van der Waals surface area contributed by atoms with Crippen molar-refractivity contribution in [3.63, 3.8) is 0 Å². The average Bonchev–Trinajstić information content (AvgIpc) is 3.25. The third-order valence-corrected chi connectivity index (χ3v) is 6.70. The lowest BCUT2D eigenvalue weighted by Crippen LogP contribution is -2.46. The first-order valence-electron chi connectivity index (χ1n) is 8.38. The van der Waals surface area contributed by atoms with Crippen LogP contribution < -0.4 is 9.80 Å². The van der Waals surface area contributed by atoms with Gasteiger partial charge in [-0.15, -0.1) is 0 Å². The highest BCUT2D eigenvalue weighted by Gasteiger charge is 2.23. The van der Waals surface area contributed by atoms with Crippen LogP contribution >= 0.6 is 22.7 Å². The van der Waals surface area contributed by atoms with E-state index in [0.717, 1.165) is 34.5 Å². The van der Waals surface area contributed by atoms with Gasteiger partial charge >= 0.3 is 0 Å². The smallest absolute Gasteiger partial charge is 0.186 e. The summed E-state index contributed by atoms with van der Waals surface area (Å²) in [5.74, 6) is -1.48. The minimum absolute atomic E-state index is 0.215. The maximum atomic E-state index is 13.9. The highest BCUT2D eigenvalue weighted by molar-refractivity contribution is 7.22. The molecule has 1 saturated heterocycles. The number of halogens is 3. The van der Waals surface area contributed by atoms with Crippen LogP contribution in [0.25, 0.3) is 20.4 Å². The second kappa shape index (κ2) is 6.35. The van der Waals surface area contributed by atoms with Gasteiger partial charge in [0.15, 0.2) is 16.1 Å². The van der Waals surface area contributed by atoms with Crippen LogP contribution in [-0.2, 0) is 0 Å². The van der Waals surface area contributed by atoms with E-state index < -0.39 is 11.6 Å². The first kappa shape index (κ1) is 16.8. The molecule has 1 fully saturated rings. The van der Waals surface area contributed by atoms with Gasteiger partial charge in [-0.3, -0.25) is 0 Å². The topological polar surface area (TPSA) is 32.3 Å². The van der Waals surface area contributed by atoms with Crippen molar-refractivity contribution in [3.8, 4) is 0 Å². The van der Waals surface area contributed by atoms with Gasteiger partial charge in [-0.1, -0.05) is 22.7 Å². The predicted molar refractivity (Wildman–Crippen MR) is 104 cm³/mol. The normalized spacial score (nSPS) is 15.2. The molecule has 27 heavy (non-hydrogen) atoms. The van der Waals surface area contributed by atoms with Crippen molar-refractivity contribution in [3.05, 3.63) is 47.8 Å². The minimum Gasteiger partial charge on any atom is -0.345 e. The van der Waals surface area contributed by atoms with E-state index in [9.17, 15) is 13.2 Å². The van der Waals surface area contributed by atoms with Gasteiger partial charge in [-0.2, -0.15) is 0 Å². The van der Waals surface area contributed by atoms with E-state index in [-0.39, 0.29) is 11.3 Å². The summed E-state index contributed by atoms with van der Waals surface area (Å²) in [6.07, 6.45) is 0. The highest BCUT2D eigenvalue weighted by atomic mass is 32.1. The van der Waals surface area contributed by atoms with Crippen molar-refractivity contribution in [1.82, 2.24) is 9.97 Å². The summed E-state index contributed by atoms with van der Waals surface area (Å²) >= 11 is 2.77. The summed E-state index contributed by atoms with van der Waals surface area (Å²) in [4.78, 5) is 13.2. The molecule has 0 amide bonds. The molecule has 0 atom stereocenters. The third-order valence-electron chi connectivity index (χ3n) is 4.56. The zero-order valence-electron chi connectivity index (χ0n) is 14.0. The van der Waals surface area contributed by atoms with Gasteiger partial charge in [-0.05, 0) is 24.3 Å². The molecule has 4 nitrogen and oxygen atoms in total. The van der Waals surface area contributed by atoms with E-state index in [1.54, 1.807) is 6.07 Å². The fourth-order valence-corrected chi connectivity index (χ4v) is 5.29. The van der Waals surface area contributed by atoms with E-state index in [1.807, 2.05) is 0 Å². The first-order valence-corrected chi connectivity index (χ1v) is 10.0. The van der Waals surface area contributed by atoms with Crippen LogP contribution in [-0.4, -0.2) is 36.1 Å². The molecule has 3 heterocycles. The molecule has 0 unspecified atom stereocenters. The molecule has 5 rings (SSSR count). The summed E-state index contributed by atoms with van der Waals surface area (Å²) in [6.45, 7) is 2.87. The number of hydrogen-bond donors (Lipinski definition) is 0. The Morgan fingerprint density at radius 2 is 1.37 bits per heavy atom. The summed E-state index contributed by atoms with van der Waals surface area (Å²) < 4.78 is 42.0. The largest absolute Gasteiger partial charge is 0.345 e. The van der Waals surface area contributed by atoms with Crippen LogP contribution in [0.5, 0.6) is 0 Å². The highest BCUT2D eigenvalue weighted by Crippen LogP contribution is 2.33. The molecule has 1 aliphatic rings. The fraction of sp³-hybridized carbons (Fsp3) is 0.222. The molecule has 2 aromatic carbocycles. The van der Waals surface area contributed by atoms with Crippen LogP contribution in [0.2, 0.25) is 0 Å². The quantitative estimate of drug-likeness (QED) is 0.485. The summed E-state index contributed by atoms with van der Waals surface area (Å²) in [5.41, 5.74) is 1.01. The second-order valence-corrected chi connectivity index (χ2v) is 8.33. The molecule has 0 saturated carbocycles. The van der Waals surface area contributed by atoms with E-state index in [0.29, 0.717) is 22.9 Å². The molecule has 9 heteroatoms. The molecule has 0 N–H and O–H groups in total. The Morgan fingerprint density at radius 3 is 2.11 bits per heavy atom. The second-order valence-electron chi connectivity index (χ2n) is 6.31. The predicted octanol–water partition coefficient (Wildman–Crippen LogP) is 4.65. The standard InChI is InChI=1S/C18H13F3N4S2/c19-10-1-2-13-14(8-10)26-17(22-13)24-3-5-25(6-4-24)18-23-16-12(21)7-11(20)9-15(16)27-18/h1-2,7-9H,3-6H2. The monoisotopic (exact) mass is 406 g/mol. The SMILES string of the molecule is Fc1ccc2nc(N3CCN(c4nc5c(F)cc(F)cc5s4)CC3)sc2c1. The molecule has 0 radical (unpaired) electrons. The number of hydrogen-bond acceptors (Lipinski definition) is 6. The van der Waals surface area contributed by atoms with Gasteiger partial charge in [0.05, 0.1) is 14.9 Å². The van der Waals surface area contributed by atoms with Crippen molar-refractivity contribution in [2.24, 2.45) is 0 Å². The molecule has 4 aromatic rings. The fourth-order valence-electron chi connectivity index (χ4n) is 3.19. The lowest BCUT2D eigenvalue weighted by molar-refractivity contribution is 0.591. The molecule has 2 aromatic heterocycles. The molecular formula is C18H13F3N4S2. The summed E-state index contributed by atoms with van der Waals surface area (Å²) in [6, 6.07) is 6.78. The average molecular weight is 406 g/mol. The lowest BCUT2D eigenvalue weighted by Gasteiger charge is -2.34. The van der Waals surface area contributed by atoms with E-state index in [4.69, 9.17) is 0 Å². The lowest BCUT2D eigenvalue weighted by atomic mass is 10.3. The van der Waals surface area contributed by atoms with Crippen molar-refractivity contribution >= 4 is 53.4 Å².